The summed E-state index contributed by atoms with van der Waals surface area (Å²) in [5.41, 5.74) is 2.04. The Bertz CT molecular complexity index is 965. The summed E-state index contributed by atoms with van der Waals surface area (Å²) in [5, 5.41) is 21.2. The Morgan fingerprint density at radius 1 is 1.03 bits per heavy atom. The van der Waals surface area contributed by atoms with Crippen molar-refractivity contribution in [2.75, 3.05) is 5.01 Å². The second-order valence-corrected chi connectivity index (χ2v) is 8.97. The first-order valence-corrected chi connectivity index (χ1v) is 11.1. The first kappa shape index (κ1) is 21.4. The topological polar surface area (TPSA) is 64.9 Å². The van der Waals surface area contributed by atoms with Crippen LogP contribution in [0.15, 0.2) is 47.6 Å². The average Bonchev–Trinajstić information content (AvgIpc) is 3.15. The van der Waals surface area contributed by atoms with Crippen LogP contribution in [0.25, 0.3) is 0 Å². The van der Waals surface area contributed by atoms with Crippen LogP contribution in [0, 0.1) is 0 Å². The molecule has 1 heterocycles. The van der Waals surface area contributed by atoms with Gasteiger partial charge in [-0.3, -0.25) is 9.80 Å². The normalized spacial score (nSPS) is 23.9. The lowest BCUT2D eigenvalue weighted by Crippen LogP contribution is -2.47. The Kier molecular flexibility index (Phi) is 6.54. The van der Waals surface area contributed by atoms with Gasteiger partial charge in [0.1, 0.15) is 5.71 Å². The van der Waals surface area contributed by atoms with E-state index in [1.165, 1.54) is 0 Å². The molecular weight excluding hydrogens is 445 g/mol. The second kappa shape index (κ2) is 9.15. The van der Waals surface area contributed by atoms with E-state index in [2.05, 4.69) is 10.4 Å². The molecule has 2 aliphatic rings. The van der Waals surface area contributed by atoms with Gasteiger partial charge in [-0.2, -0.15) is 5.10 Å². The highest BCUT2D eigenvalue weighted by Gasteiger charge is 2.35. The third-order valence-electron chi connectivity index (χ3n) is 5.63. The number of nitrogens with one attached hydrogen (secondary N) is 1. The summed E-state index contributed by atoms with van der Waals surface area (Å²) in [5.74, 6) is -0.257. The summed E-state index contributed by atoms with van der Waals surface area (Å²) < 4.78 is 0. The van der Waals surface area contributed by atoms with Gasteiger partial charge in [0.15, 0.2) is 0 Å². The first-order valence-electron chi connectivity index (χ1n) is 9.98. The van der Waals surface area contributed by atoms with Gasteiger partial charge in [-0.15, -0.1) is 0 Å². The van der Waals surface area contributed by atoms with Crippen molar-refractivity contribution in [2.45, 2.75) is 50.3 Å². The molecule has 1 amide bonds. The predicted octanol–water partition coefficient (Wildman–Crippen LogP) is 5.37. The summed E-state index contributed by atoms with van der Waals surface area (Å²) >= 11 is 18.5. The fraction of sp³-hybridized carbons (Fsp3) is 0.364. The number of hydrazone groups is 1. The molecule has 0 spiro atoms. The Morgan fingerprint density at radius 3 is 2.43 bits per heavy atom. The zero-order valence-corrected chi connectivity index (χ0v) is 18.5. The molecular formula is C22H22Cl3N3O2. The van der Waals surface area contributed by atoms with E-state index < -0.39 is 6.10 Å². The number of anilines is 1. The van der Waals surface area contributed by atoms with Crippen LogP contribution in [0.3, 0.4) is 0 Å². The lowest BCUT2D eigenvalue weighted by Gasteiger charge is -2.28. The molecule has 1 aliphatic carbocycles. The van der Waals surface area contributed by atoms with E-state index in [4.69, 9.17) is 34.8 Å². The maximum atomic E-state index is 13.0. The van der Waals surface area contributed by atoms with Crippen molar-refractivity contribution in [3.05, 3.63) is 63.1 Å². The molecule has 8 heteroatoms. The zero-order chi connectivity index (χ0) is 21.3. The summed E-state index contributed by atoms with van der Waals surface area (Å²) in [4.78, 5) is 13.0. The van der Waals surface area contributed by atoms with Crippen molar-refractivity contribution >= 4 is 52.1 Å². The number of nitrogens with zero attached hydrogens (tertiary/aromatic N) is 2. The van der Waals surface area contributed by atoms with Gasteiger partial charge in [-0.25, -0.2) is 0 Å². The smallest absolute Gasteiger partial charge is 0.267 e. The van der Waals surface area contributed by atoms with Gasteiger partial charge in [0.05, 0.1) is 28.9 Å². The molecule has 4 rings (SSSR count). The van der Waals surface area contributed by atoms with Gasteiger partial charge in [0, 0.05) is 16.5 Å². The van der Waals surface area contributed by atoms with Crippen molar-refractivity contribution in [2.24, 2.45) is 5.10 Å². The molecule has 30 heavy (non-hydrogen) atoms. The fourth-order valence-electron chi connectivity index (χ4n) is 4.01. The number of hydrogen-bond donors (Lipinski definition) is 2. The van der Waals surface area contributed by atoms with Crippen molar-refractivity contribution in [1.82, 2.24) is 5.32 Å². The Morgan fingerprint density at radius 2 is 1.73 bits per heavy atom. The largest absolute Gasteiger partial charge is 0.391 e. The number of benzene rings is 2. The van der Waals surface area contributed by atoms with E-state index in [9.17, 15) is 9.90 Å². The van der Waals surface area contributed by atoms with Gasteiger partial charge in [0.25, 0.3) is 5.91 Å². The first-order chi connectivity index (χ1) is 14.4. The standard InChI is InChI=1S/C22H22Cl3N3O2/c23-14-7-5-13(6-8-14)20-12-18(22(30)26-17-3-1-2-4-21(17)29)27-28(20)19-10-9-15(24)11-16(19)25/h5-11,17,20-21,29H,1-4,12H2,(H,26,30)/t17-,20-,21-/m1/s1. The number of hydrogen-bond acceptors (Lipinski definition) is 4. The van der Waals surface area contributed by atoms with Crippen LogP contribution in [0.5, 0.6) is 0 Å². The number of rotatable bonds is 4. The zero-order valence-electron chi connectivity index (χ0n) is 16.2. The molecule has 0 radical (unpaired) electrons. The number of aliphatic hydroxyl groups is 1. The summed E-state index contributed by atoms with van der Waals surface area (Å²) in [6, 6.07) is 12.2. The third-order valence-corrected chi connectivity index (χ3v) is 6.42. The molecule has 1 aliphatic heterocycles. The van der Waals surface area contributed by atoms with Crippen LogP contribution in [0.4, 0.5) is 5.69 Å². The van der Waals surface area contributed by atoms with Crippen molar-refractivity contribution < 1.29 is 9.90 Å². The fourth-order valence-corrected chi connectivity index (χ4v) is 4.63. The molecule has 0 unspecified atom stereocenters. The Balaban J connectivity index is 1.63. The lowest BCUT2D eigenvalue weighted by molar-refractivity contribution is -0.116. The second-order valence-electron chi connectivity index (χ2n) is 7.69. The molecule has 0 aromatic heterocycles. The molecule has 0 bridgehead atoms. The van der Waals surface area contributed by atoms with E-state index in [1.54, 1.807) is 23.2 Å². The lowest BCUT2D eigenvalue weighted by atomic mass is 9.92. The molecule has 3 atom stereocenters. The van der Waals surface area contributed by atoms with Crippen LogP contribution >= 0.6 is 34.8 Å². The van der Waals surface area contributed by atoms with Crippen molar-refractivity contribution in [1.29, 1.82) is 0 Å². The van der Waals surface area contributed by atoms with Gasteiger partial charge in [0.2, 0.25) is 0 Å². The van der Waals surface area contributed by atoms with Crippen LogP contribution in [0.2, 0.25) is 15.1 Å². The van der Waals surface area contributed by atoms with Crippen LogP contribution < -0.4 is 10.3 Å². The number of carbonyl (C=O) groups is 1. The monoisotopic (exact) mass is 465 g/mol. The molecule has 2 aromatic carbocycles. The number of halogens is 3. The molecule has 0 saturated heterocycles. The number of amides is 1. The minimum Gasteiger partial charge on any atom is -0.391 e. The van der Waals surface area contributed by atoms with Gasteiger partial charge in [-0.05, 0) is 48.7 Å². The third kappa shape index (κ3) is 4.59. The summed E-state index contributed by atoms with van der Waals surface area (Å²) in [6.07, 6.45) is 3.35. The highest BCUT2D eigenvalue weighted by molar-refractivity contribution is 6.40. The number of aliphatic hydroxyl groups excluding tert-OH is 1. The van der Waals surface area contributed by atoms with Crippen LogP contribution in [-0.4, -0.2) is 28.9 Å². The summed E-state index contributed by atoms with van der Waals surface area (Å²) in [6.45, 7) is 0. The molecule has 5 nitrogen and oxygen atoms in total. The van der Waals surface area contributed by atoms with Gasteiger partial charge < -0.3 is 10.4 Å². The Labute approximate surface area is 190 Å². The van der Waals surface area contributed by atoms with E-state index in [1.807, 2.05) is 24.3 Å². The van der Waals surface area contributed by atoms with E-state index in [-0.39, 0.29) is 18.0 Å². The quantitative estimate of drug-likeness (QED) is 0.636. The van der Waals surface area contributed by atoms with E-state index in [0.29, 0.717) is 39.3 Å². The molecule has 2 N–H and O–H groups in total. The van der Waals surface area contributed by atoms with E-state index in [0.717, 1.165) is 24.8 Å². The molecule has 158 valence electrons. The van der Waals surface area contributed by atoms with Crippen molar-refractivity contribution in [3.63, 3.8) is 0 Å². The Hall–Kier alpha value is -1.79. The molecule has 1 fully saturated rings. The van der Waals surface area contributed by atoms with Gasteiger partial charge in [-0.1, -0.05) is 59.8 Å². The van der Waals surface area contributed by atoms with Gasteiger partial charge >= 0.3 is 0 Å². The molecule has 1 saturated carbocycles. The average molecular weight is 467 g/mol. The SMILES string of the molecule is O=C(N[C@@H]1CCCC[C@H]1O)C1=NN(c2ccc(Cl)cc2Cl)[C@@H](c2ccc(Cl)cc2)C1. The van der Waals surface area contributed by atoms with Crippen LogP contribution in [0.1, 0.15) is 43.7 Å². The maximum absolute atomic E-state index is 13.0. The highest BCUT2D eigenvalue weighted by atomic mass is 35.5. The number of carbonyl (C=O) groups excluding carboxylic acids is 1. The maximum Gasteiger partial charge on any atom is 0.267 e. The predicted molar refractivity (Wildman–Crippen MR) is 122 cm³/mol. The minimum atomic E-state index is -0.515. The minimum absolute atomic E-state index is 0.210. The van der Waals surface area contributed by atoms with Crippen molar-refractivity contribution in [3.8, 4) is 0 Å². The van der Waals surface area contributed by atoms with Crippen LogP contribution in [-0.2, 0) is 4.79 Å². The highest BCUT2D eigenvalue weighted by Crippen LogP contribution is 2.40. The molecule has 2 aromatic rings. The summed E-state index contributed by atoms with van der Waals surface area (Å²) in [7, 11) is 0. The van der Waals surface area contributed by atoms with E-state index >= 15 is 0 Å².